The van der Waals surface area contributed by atoms with Crippen LogP contribution in [0.1, 0.15) is 0 Å². The number of carboxylic acids is 1. The summed E-state index contributed by atoms with van der Waals surface area (Å²) in [7, 11) is 3.23. The predicted molar refractivity (Wildman–Crippen MR) is 45.4 cm³/mol. The molecule has 0 aromatic carbocycles. The first-order valence-electron chi connectivity index (χ1n) is 4.31. The fourth-order valence-electron chi connectivity index (χ4n) is 1.25. The Morgan fingerprint density at radius 1 is 1.47 bits per heavy atom. The van der Waals surface area contributed by atoms with Gasteiger partial charge in [-0.15, -0.1) is 0 Å². The predicted octanol–water partition coefficient (Wildman–Crippen LogP) is -4.88. The molecule has 1 rings (SSSR count). The quantitative estimate of drug-likeness (QED) is 0.405. The van der Waals surface area contributed by atoms with E-state index in [4.69, 9.17) is 4.74 Å². The molecule has 6 nitrogen and oxygen atoms in total. The van der Waals surface area contributed by atoms with Crippen LogP contribution in [0, 0.1) is 0 Å². The Morgan fingerprint density at radius 3 is 2.53 bits per heavy atom. The number of hydrogen-bond donors (Lipinski definition) is 0. The third-order valence-electron chi connectivity index (χ3n) is 1.98. The molecule has 0 bridgehead atoms. The number of morpholine rings is 1. The molecule has 0 aromatic rings. The molecular weight excluding hydrogens is 195 g/mol. The normalized spacial score (nSPS) is 20.4. The van der Waals surface area contributed by atoms with Crippen molar-refractivity contribution in [1.29, 1.82) is 0 Å². The summed E-state index contributed by atoms with van der Waals surface area (Å²) in [6.45, 7) is 0.707. The first-order chi connectivity index (χ1) is 6.52. The molecule has 0 saturated carbocycles. The van der Waals surface area contributed by atoms with E-state index in [1.165, 1.54) is 9.80 Å². The largest absolute Gasteiger partial charge is 1.00 e. The number of carbonyl (C=O) groups excluding carboxylic acids is 2. The maximum atomic E-state index is 11.4. The van der Waals surface area contributed by atoms with Crippen LogP contribution in [0.2, 0.25) is 0 Å². The summed E-state index contributed by atoms with van der Waals surface area (Å²) in [5, 5.41) is 10.5. The summed E-state index contributed by atoms with van der Waals surface area (Å²) in [5.41, 5.74) is 0. The fourth-order valence-corrected chi connectivity index (χ4v) is 1.25. The van der Waals surface area contributed by atoms with Gasteiger partial charge < -0.3 is 24.4 Å². The SMILES string of the molecule is CN(C)C(=O)N1CCOC(C(=O)[O-])C1.[Li+]. The number of ether oxygens (including phenoxy) is 1. The van der Waals surface area contributed by atoms with Crippen molar-refractivity contribution in [3.05, 3.63) is 0 Å². The van der Waals surface area contributed by atoms with Crippen LogP contribution in [-0.4, -0.2) is 61.7 Å². The Hall–Kier alpha value is -0.703. The van der Waals surface area contributed by atoms with Crippen LogP contribution < -0.4 is 24.0 Å². The number of urea groups is 1. The molecule has 7 heteroatoms. The molecule has 0 aliphatic carbocycles. The number of carboxylic acid groups (broad SMARTS) is 1. The summed E-state index contributed by atoms with van der Waals surface area (Å²) in [5.74, 6) is -1.28. The second-order valence-corrected chi connectivity index (χ2v) is 3.30. The topological polar surface area (TPSA) is 72.9 Å². The van der Waals surface area contributed by atoms with Crippen LogP contribution in [0.3, 0.4) is 0 Å². The molecule has 1 aliphatic heterocycles. The molecular formula is C8H13LiN2O4. The van der Waals surface area contributed by atoms with Crippen LogP contribution in [0.15, 0.2) is 0 Å². The minimum atomic E-state index is -1.28. The van der Waals surface area contributed by atoms with Gasteiger partial charge in [0, 0.05) is 20.6 Å². The Bertz CT molecular complexity index is 247. The zero-order chi connectivity index (χ0) is 10.7. The van der Waals surface area contributed by atoms with Gasteiger partial charge in [-0.2, -0.15) is 0 Å². The van der Waals surface area contributed by atoms with Crippen LogP contribution in [0.25, 0.3) is 0 Å². The summed E-state index contributed by atoms with van der Waals surface area (Å²) in [6, 6.07) is -0.209. The second kappa shape index (κ2) is 6.01. The molecule has 2 amide bonds. The molecule has 1 fully saturated rings. The van der Waals surface area contributed by atoms with Crippen molar-refractivity contribution in [2.75, 3.05) is 33.8 Å². The van der Waals surface area contributed by atoms with Crippen molar-refractivity contribution < 1.29 is 38.3 Å². The molecule has 15 heavy (non-hydrogen) atoms. The summed E-state index contributed by atoms with van der Waals surface area (Å²) in [6.07, 6.45) is -1.01. The standard InChI is InChI=1S/C8H14N2O4.Li/c1-9(2)8(13)10-3-4-14-6(5-10)7(11)12;/h6H,3-5H2,1-2H3,(H,11,12);/q;+1/p-1. The summed E-state index contributed by atoms with van der Waals surface area (Å²) >= 11 is 0. The van der Waals surface area contributed by atoms with Gasteiger partial charge >= 0.3 is 24.9 Å². The maximum Gasteiger partial charge on any atom is 1.00 e. The van der Waals surface area contributed by atoms with E-state index in [1.807, 2.05) is 0 Å². The zero-order valence-corrected chi connectivity index (χ0v) is 9.23. The molecule has 0 spiro atoms. The number of aliphatic carboxylic acids is 1. The minimum Gasteiger partial charge on any atom is -0.547 e. The van der Waals surface area contributed by atoms with Gasteiger partial charge in [-0.05, 0) is 0 Å². The van der Waals surface area contributed by atoms with Crippen LogP contribution in [0.4, 0.5) is 4.79 Å². The summed E-state index contributed by atoms with van der Waals surface area (Å²) in [4.78, 5) is 24.8. The van der Waals surface area contributed by atoms with Crippen molar-refractivity contribution in [2.45, 2.75) is 6.10 Å². The zero-order valence-electron chi connectivity index (χ0n) is 9.23. The second-order valence-electron chi connectivity index (χ2n) is 3.30. The average molecular weight is 208 g/mol. The molecule has 1 unspecified atom stereocenters. The van der Waals surface area contributed by atoms with E-state index >= 15 is 0 Å². The Balaban J connectivity index is 0.00000196. The number of carbonyl (C=O) groups is 2. The van der Waals surface area contributed by atoms with Gasteiger partial charge in [0.15, 0.2) is 0 Å². The molecule has 0 aromatic heterocycles. The Labute approximate surface area is 100 Å². The molecule has 1 aliphatic rings. The number of hydrogen-bond acceptors (Lipinski definition) is 4. The molecule has 0 radical (unpaired) electrons. The smallest absolute Gasteiger partial charge is 0.547 e. The van der Waals surface area contributed by atoms with E-state index in [2.05, 4.69) is 0 Å². The molecule has 1 atom stereocenters. The van der Waals surface area contributed by atoms with Gasteiger partial charge in [-0.3, -0.25) is 0 Å². The molecule has 80 valence electrons. The molecule has 1 heterocycles. The van der Waals surface area contributed by atoms with Crippen molar-refractivity contribution in [3.63, 3.8) is 0 Å². The summed E-state index contributed by atoms with van der Waals surface area (Å²) < 4.78 is 4.93. The van der Waals surface area contributed by atoms with Crippen LogP contribution in [0.5, 0.6) is 0 Å². The minimum absolute atomic E-state index is 0. The van der Waals surface area contributed by atoms with E-state index < -0.39 is 12.1 Å². The third kappa shape index (κ3) is 3.74. The average Bonchev–Trinajstić information content (AvgIpc) is 2.16. The molecule has 1 saturated heterocycles. The number of rotatable bonds is 1. The van der Waals surface area contributed by atoms with Gasteiger partial charge in [-0.25, -0.2) is 4.79 Å². The first kappa shape index (κ1) is 14.3. The first-order valence-corrected chi connectivity index (χ1v) is 4.31. The van der Waals surface area contributed by atoms with Crippen LogP contribution >= 0.6 is 0 Å². The van der Waals surface area contributed by atoms with E-state index in [0.29, 0.717) is 6.54 Å². The third-order valence-corrected chi connectivity index (χ3v) is 1.98. The van der Waals surface area contributed by atoms with Crippen molar-refractivity contribution >= 4 is 12.0 Å². The van der Waals surface area contributed by atoms with Crippen molar-refractivity contribution in [2.24, 2.45) is 0 Å². The van der Waals surface area contributed by atoms with Crippen LogP contribution in [-0.2, 0) is 9.53 Å². The van der Waals surface area contributed by atoms with E-state index in [1.54, 1.807) is 14.1 Å². The van der Waals surface area contributed by atoms with Crippen molar-refractivity contribution in [1.82, 2.24) is 9.80 Å². The van der Waals surface area contributed by atoms with Gasteiger partial charge in [-0.1, -0.05) is 0 Å². The van der Waals surface area contributed by atoms with Gasteiger partial charge in [0.05, 0.1) is 19.1 Å². The van der Waals surface area contributed by atoms with Gasteiger partial charge in [0.1, 0.15) is 6.10 Å². The van der Waals surface area contributed by atoms with Gasteiger partial charge in [0.25, 0.3) is 0 Å². The van der Waals surface area contributed by atoms with Gasteiger partial charge in [0.2, 0.25) is 0 Å². The van der Waals surface area contributed by atoms with E-state index in [9.17, 15) is 14.7 Å². The fraction of sp³-hybridized carbons (Fsp3) is 0.750. The Morgan fingerprint density at radius 2 is 2.07 bits per heavy atom. The number of nitrogens with zero attached hydrogens (tertiary/aromatic N) is 2. The molecule has 0 N–H and O–H groups in total. The van der Waals surface area contributed by atoms with E-state index in [-0.39, 0.29) is 38.0 Å². The number of amides is 2. The monoisotopic (exact) mass is 208 g/mol. The van der Waals surface area contributed by atoms with Crippen molar-refractivity contribution in [3.8, 4) is 0 Å². The van der Waals surface area contributed by atoms with E-state index in [0.717, 1.165) is 0 Å². The Kier molecular flexibility index (Phi) is 5.73. The maximum absolute atomic E-state index is 11.4.